The quantitative estimate of drug-likeness (QED) is 0.892. The van der Waals surface area contributed by atoms with Gasteiger partial charge in [0.1, 0.15) is 0 Å². The molecule has 0 aliphatic carbocycles. The molecule has 2 aromatic rings. The standard InChI is InChI=1S/C19H22N4O2/c24-18(16-6-8-20-9-7-16)21-10-11-22-12-14-23(15-13-22)19(25)17-4-2-1-3-5-17/h1-9H,10-15H2,(H,21,24). The highest BCUT2D eigenvalue weighted by Gasteiger charge is 2.21. The van der Waals surface area contributed by atoms with E-state index >= 15 is 0 Å². The third-order valence-electron chi connectivity index (χ3n) is 4.34. The highest BCUT2D eigenvalue weighted by atomic mass is 16.2. The number of hydrogen-bond acceptors (Lipinski definition) is 4. The number of piperazine rings is 1. The Morgan fingerprint density at radius 3 is 2.28 bits per heavy atom. The van der Waals surface area contributed by atoms with Gasteiger partial charge in [-0.1, -0.05) is 18.2 Å². The molecule has 3 rings (SSSR count). The molecule has 130 valence electrons. The molecule has 0 spiro atoms. The number of aromatic nitrogens is 1. The van der Waals surface area contributed by atoms with E-state index in [2.05, 4.69) is 15.2 Å². The van der Waals surface area contributed by atoms with E-state index in [1.165, 1.54) is 0 Å². The number of pyridine rings is 1. The van der Waals surface area contributed by atoms with Gasteiger partial charge < -0.3 is 10.2 Å². The number of rotatable bonds is 5. The Balaban J connectivity index is 1.39. The normalized spacial score (nSPS) is 15.0. The van der Waals surface area contributed by atoms with Crippen LogP contribution in [-0.2, 0) is 0 Å². The van der Waals surface area contributed by atoms with E-state index in [4.69, 9.17) is 0 Å². The summed E-state index contributed by atoms with van der Waals surface area (Å²) in [6.07, 6.45) is 3.22. The van der Waals surface area contributed by atoms with Gasteiger partial charge in [0.15, 0.2) is 0 Å². The first kappa shape index (κ1) is 17.1. The first-order valence-electron chi connectivity index (χ1n) is 8.49. The van der Waals surface area contributed by atoms with Gasteiger partial charge in [-0.3, -0.25) is 19.5 Å². The molecule has 6 heteroatoms. The first-order chi connectivity index (χ1) is 12.2. The van der Waals surface area contributed by atoms with Crippen molar-refractivity contribution in [3.8, 4) is 0 Å². The summed E-state index contributed by atoms with van der Waals surface area (Å²) in [5, 5.41) is 2.92. The minimum Gasteiger partial charge on any atom is -0.351 e. The van der Waals surface area contributed by atoms with Crippen molar-refractivity contribution in [2.75, 3.05) is 39.3 Å². The summed E-state index contributed by atoms with van der Waals surface area (Å²) in [6.45, 7) is 4.45. The van der Waals surface area contributed by atoms with Crippen LogP contribution in [0.5, 0.6) is 0 Å². The van der Waals surface area contributed by atoms with Gasteiger partial charge >= 0.3 is 0 Å². The molecule has 6 nitrogen and oxygen atoms in total. The van der Waals surface area contributed by atoms with Crippen LogP contribution in [-0.4, -0.2) is 65.9 Å². The van der Waals surface area contributed by atoms with Crippen LogP contribution in [0.3, 0.4) is 0 Å². The zero-order valence-corrected chi connectivity index (χ0v) is 14.1. The van der Waals surface area contributed by atoms with Crippen molar-refractivity contribution < 1.29 is 9.59 Å². The van der Waals surface area contributed by atoms with Crippen LogP contribution in [0.1, 0.15) is 20.7 Å². The van der Waals surface area contributed by atoms with Crippen LogP contribution in [0, 0.1) is 0 Å². The first-order valence-corrected chi connectivity index (χ1v) is 8.49. The SMILES string of the molecule is O=C(NCCN1CCN(C(=O)c2ccccc2)CC1)c1ccncc1. The molecule has 0 atom stereocenters. The highest BCUT2D eigenvalue weighted by molar-refractivity contribution is 5.94. The van der Waals surface area contributed by atoms with Crippen LogP contribution in [0.2, 0.25) is 0 Å². The van der Waals surface area contributed by atoms with E-state index in [-0.39, 0.29) is 11.8 Å². The third-order valence-corrected chi connectivity index (χ3v) is 4.34. The summed E-state index contributed by atoms with van der Waals surface area (Å²) in [5.41, 5.74) is 1.36. The molecule has 25 heavy (non-hydrogen) atoms. The predicted octanol–water partition coefficient (Wildman–Crippen LogP) is 1.27. The summed E-state index contributed by atoms with van der Waals surface area (Å²) in [6, 6.07) is 12.8. The molecule has 1 aromatic carbocycles. The molecule has 1 fully saturated rings. The molecule has 1 N–H and O–H groups in total. The van der Waals surface area contributed by atoms with Crippen LogP contribution >= 0.6 is 0 Å². The van der Waals surface area contributed by atoms with Gasteiger partial charge in [0.05, 0.1) is 0 Å². The second kappa shape index (κ2) is 8.39. The van der Waals surface area contributed by atoms with Gasteiger partial charge in [0.2, 0.25) is 0 Å². The third kappa shape index (κ3) is 4.64. The second-order valence-corrected chi connectivity index (χ2v) is 5.99. The molecule has 1 saturated heterocycles. The van der Waals surface area contributed by atoms with Crippen molar-refractivity contribution in [3.63, 3.8) is 0 Å². The molecule has 0 bridgehead atoms. The van der Waals surface area contributed by atoms with Crippen molar-refractivity contribution in [1.82, 2.24) is 20.1 Å². The average molecular weight is 338 g/mol. The largest absolute Gasteiger partial charge is 0.351 e. The molecule has 0 saturated carbocycles. The summed E-state index contributed by atoms with van der Waals surface area (Å²) < 4.78 is 0. The Morgan fingerprint density at radius 1 is 0.920 bits per heavy atom. The van der Waals surface area contributed by atoms with Gasteiger partial charge in [-0.15, -0.1) is 0 Å². The van der Waals surface area contributed by atoms with Crippen LogP contribution in [0.4, 0.5) is 0 Å². The average Bonchev–Trinajstić information content (AvgIpc) is 2.69. The summed E-state index contributed by atoms with van der Waals surface area (Å²) in [5.74, 6) is 0.00605. The maximum absolute atomic E-state index is 12.4. The fraction of sp³-hybridized carbons (Fsp3) is 0.316. The van der Waals surface area contributed by atoms with Crippen LogP contribution < -0.4 is 5.32 Å². The number of carbonyl (C=O) groups excluding carboxylic acids is 2. The summed E-state index contributed by atoms with van der Waals surface area (Å²) in [4.78, 5) is 32.4. The molecular formula is C19H22N4O2. The van der Waals surface area contributed by atoms with Gasteiger partial charge in [-0.25, -0.2) is 0 Å². The van der Waals surface area contributed by atoms with Crippen molar-refractivity contribution in [3.05, 3.63) is 66.0 Å². The second-order valence-electron chi connectivity index (χ2n) is 5.99. The Morgan fingerprint density at radius 2 is 1.60 bits per heavy atom. The fourth-order valence-corrected chi connectivity index (χ4v) is 2.87. The number of benzene rings is 1. The summed E-state index contributed by atoms with van der Waals surface area (Å²) in [7, 11) is 0. The molecule has 2 amide bonds. The molecule has 1 aliphatic heterocycles. The van der Waals surface area contributed by atoms with E-state index in [1.54, 1.807) is 24.5 Å². The molecule has 0 unspecified atom stereocenters. The van der Waals surface area contributed by atoms with Crippen molar-refractivity contribution in [1.29, 1.82) is 0 Å². The van der Waals surface area contributed by atoms with Crippen molar-refractivity contribution in [2.45, 2.75) is 0 Å². The van der Waals surface area contributed by atoms with E-state index < -0.39 is 0 Å². The lowest BCUT2D eigenvalue weighted by Crippen LogP contribution is -2.50. The zero-order valence-electron chi connectivity index (χ0n) is 14.1. The summed E-state index contributed by atoms with van der Waals surface area (Å²) >= 11 is 0. The topological polar surface area (TPSA) is 65.5 Å². The lowest BCUT2D eigenvalue weighted by molar-refractivity contribution is 0.0638. The lowest BCUT2D eigenvalue weighted by atomic mass is 10.2. The van der Waals surface area contributed by atoms with Crippen molar-refractivity contribution >= 4 is 11.8 Å². The van der Waals surface area contributed by atoms with E-state index in [1.807, 2.05) is 35.2 Å². The number of nitrogens with one attached hydrogen (secondary N) is 1. The van der Waals surface area contributed by atoms with E-state index in [9.17, 15) is 9.59 Å². The molecular weight excluding hydrogens is 316 g/mol. The smallest absolute Gasteiger partial charge is 0.253 e. The Labute approximate surface area is 147 Å². The van der Waals surface area contributed by atoms with Gasteiger partial charge in [0, 0.05) is 62.8 Å². The van der Waals surface area contributed by atoms with Crippen LogP contribution in [0.25, 0.3) is 0 Å². The van der Waals surface area contributed by atoms with Crippen LogP contribution in [0.15, 0.2) is 54.9 Å². The number of nitrogens with zero attached hydrogens (tertiary/aromatic N) is 3. The highest BCUT2D eigenvalue weighted by Crippen LogP contribution is 2.08. The number of hydrogen-bond donors (Lipinski definition) is 1. The lowest BCUT2D eigenvalue weighted by Gasteiger charge is -2.34. The molecule has 0 radical (unpaired) electrons. The molecule has 1 aromatic heterocycles. The fourth-order valence-electron chi connectivity index (χ4n) is 2.87. The van der Waals surface area contributed by atoms with Gasteiger partial charge in [0.25, 0.3) is 11.8 Å². The zero-order chi connectivity index (χ0) is 17.5. The number of carbonyl (C=O) groups is 2. The van der Waals surface area contributed by atoms with Gasteiger partial charge in [-0.05, 0) is 24.3 Å². The maximum Gasteiger partial charge on any atom is 0.253 e. The Kier molecular flexibility index (Phi) is 5.74. The Hall–Kier alpha value is -2.73. The van der Waals surface area contributed by atoms with Crippen molar-refractivity contribution in [2.24, 2.45) is 0 Å². The minimum atomic E-state index is -0.0831. The van der Waals surface area contributed by atoms with E-state index in [0.29, 0.717) is 25.2 Å². The van der Waals surface area contributed by atoms with E-state index in [0.717, 1.165) is 25.2 Å². The predicted molar refractivity (Wildman–Crippen MR) is 95.4 cm³/mol. The monoisotopic (exact) mass is 338 g/mol. The molecule has 2 heterocycles. The molecule has 1 aliphatic rings. The van der Waals surface area contributed by atoms with Gasteiger partial charge in [-0.2, -0.15) is 0 Å². The number of amides is 2. The maximum atomic E-state index is 12.4. The Bertz CT molecular complexity index is 695. The minimum absolute atomic E-state index is 0.0831.